The van der Waals surface area contributed by atoms with E-state index in [0.29, 0.717) is 30.2 Å². The predicted octanol–water partition coefficient (Wildman–Crippen LogP) is 0.919. The molecule has 0 aliphatic carbocycles. The van der Waals surface area contributed by atoms with Gasteiger partial charge in [-0.05, 0) is 18.9 Å². The Morgan fingerprint density at radius 3 is 2.69 bits per heavy atom. The minimum atomic E-state index is -0.709. The Balaban J connectivity index is 2.01. The number of piperidine rings is 1. The van der Waals surface area contributed by atoms with Crippen molar-refractivity contribution in [2.75, 3.05) is 19.7 Å². The van der Waals surface area contributed by atoms with E-state index in [4.69, 9.17) is 0 Å². The van der Waals surface area contributed by atoms with Gasteiger partial charge in [0.15, 0.2) is 5.69 Å². The molecule has 140 valence electrons. The fourth-order valence-electron chi connectivity index (χ4n) is 3.91. The number of aliphatic hydroxyl groups is 2. The van der Waals surface area contributed by atoms with Crippen LogP contribution in [-0.4, -0.2) is 56.6 Å². The lowest BCUT2D eigenvalue weighted by molar-refractivity contribution is -0.0721. The summed E-state index contributed by atoms with van der Waals surface area (Å²) >= 11 is 0. The zero-order valence-corrected chi connectivity index (χ0v) is 15.2. The molecule has 0 unspecified atom stereocenters. The third kappa shape index (κ3) is 3.01. The number of aryl methyl sites for hydroxylation is 1. The number of benzene rings is 1. The van der Waals surface area contributed by atoms with Crippen LogP contribution in [0.4, 0.5) is 0 Å². The molecule has 2 aromatic rings. The maximum Gasteiger partial charge on any atom is 0.274 e. The molecule has 2 atom stereocenters. The van der Waals surface area contributed by atoms with Crippen molar-refractivity contribution in [2.45, 2.75) is 32.3 Å². The Kier molecular flexibility index (Phi) is 5.11. The first kappa shape index (κ1) is 18.5. The molecule has 0 spiro atoms. The molecule has 1 aromatic carbocycles. The van der Waals surface area contributed by atoms with Crippen LogP contribution < -0.4 is 5.56 Å². The Bertz CT molecular complexity index is 879. The van der Waals surface area contributed by atoms with E-state index in [1.165, 1.54) is 11.7 Å². The van der Waals surface area contributed by atoms with E-state index >= 15 is 0 Å². The van der Waals surface area contributed by atoms with Crippen LogP contribution in [0.5, 0.6) is 0 Å². The average Bonchev–Trinajstić information content (AvgIpc) is 2.66. The Hall–Kier alpha value is -2.25. The van der Waals surface area contributed by atoms with E-state index in [-0.39, 0.29) is 30.3 Å². The van der Waals surface area contributed by atoms with Crippen LogP contribution in [0.1, 0.15) is 36.7 Å². The van der Waals surface area contributed by atoms with Crippen molar-refractivity contribution in [3.05, 3.63) is 40.3 Å². The second-order valence-electron chi connectivity index (χ2n) is 7.12. The van der Waals surface area contributed by atoms with Crippen molar-refractivity contribution in [3.8, 4) is 0 Å². The van der Waals surface area contributed by atoms with Crippen molar-refractivity contribution in [1.29, 1.82) is 0 Å². The molecule has 1 saturated heterocycles. The average molecular weight is 359 g/mol. The summed E-state index contributed by atoms with van der Waals surface area (Å²) in [5.74, 6) is -0.280. The molecular formula is C19H25N3O4. The van der Waals surface area contributed by atoms with Crippen LogP contribution in [0.25, 0.3) is 10.8 Å². The van der Waals surface area contributed by atoms with Crippen molar-refractivity contribution in [2.24, 2.45) is 12.5 Å². The molecule has 1 aromatic heterocycles. The Morgan fingerprint density at radius 2 is 2.04 bits per heavy atom. The van der Waals surface area contributed by atoms with Crippen LogP contribution in [-0.2, 0) is 7.05 Å². The molecule has 26 heavy (non-hydrogen) atoms. The number of likely N-dealkylation sites (tertiary alicyclic amines) is 1. The first-order chi connectivity index (χ1) is 12.4. The van der Waals surface area contributed by atoms with Gasteiger partial charge in [-0.1, -0.05) is 31.5 Å². The second kappa shape index (κ2) is 7.17. The van der Waals surface area contributed by atoms with Gasteiger partial charge in [0.2, 0.25) is 0 Å². The number of hydrogen-bond acceptors (Lipinski definition) is 5. The Morgan fingerprint density at radius 1 is 1.35 bits per heavy atom. The smallest absolute Gasteiger partial charge is 0.274 e. The number of hydrogen-bond donors (Lipinski definition) is 2. The van der Waals surface area contributed by atoms with Gasteiger partial charge in [-0.15, -0.1) is 0 Å². The molecule has 1 fully saturated rings. The van der Waals surface area contributed by atoms with E-state index in [2.05, 4.69) is 5.10 Å². The van der Waals surface area contributed by atoms with Gasteiger partial charge in [-0.3, -0.25) is 9.59 Å². The predicted molar refractivity (Wildman–Crippen MR) is 97.9 cm³/mol. The summed E-state index contributed by atoms with van der Waals surface area (Å²) in [6.45, 7) is 2.49. The number of carbonyl (C=O) groups is 1. The van der Waals surface area contributed by atoms with Crippen LogP contribution in [0.15, 0.2) is 29.1 Å². The van der Waals surface area contributed by atoms with E-state index in [0.717, 1.165) is 6.42 Å². The van der Waals surface area contributed by atoms with E-state index in [1.807, 2.05) is 6.92 Å². The number of aromatic nitrogens is 2. The molecule has 1 aliphatic rings. The zero-order chi connectivity index (χ0) is 18.9. The normalized spacial score (nSPS) is 23.4. The first-order valence-electron chi connectivity index (χ1n) is 8.98. The van der Waals surface area contributed by atoms with E-state index in [9.17, 15) is 19.8 Å². The van der Waals surface area contributed by atoms with Crippen molar-refractivity contribution < 1.29 is 15.0 Å². The summed E-state index contributed by atoms with van der Waals surface area (Å²) in [7, 11) is 1.53. The van der Waals surface area contributed by atoms with Crippen molar-refractivity contribution in [3.63, 3.8) is 0 Å². The van der Waals surface area contributed by atoms with Gasteiger partial charge in [-0.25, -0.2) is 4.68 Å². The number of nitrogens with zero attached hydrogens (tertiary/aromatic N) is 3. The lowest BCUT2D eigenvalue weighted by atomic mass is 9.74. The summed E-state index contributed by atoms with van der Waals surface area (Å²) in [5.41, 5.74) is -0.733. The monoisotopic (exact) mass is 359 g/mol. The standard InChI is InChI=1S/C19H25N3O4/c1-3-9-19(12-23)11-22(10-8-15(19)24)18(26)16-13-6-4-5-7-14(13)17(25)21(2)20-16/h4-7,15,23-24H,3,8-12H2,1-2H3/t15-,19-/m0/s1. The van der Waals surface area contributed by atoms with Crippen molar-refractivity contribution in [1.82, 2.24) is 14.7 Å². The number of fused-ring (bicyclic) bond motifs is 1. The molecule has 0 bridgehead atoms. The van der Waals surface area contributed by atoms with Gasteiger partial charge in [0.05, 0.1) is 18.1 Å². The molecule has 0 saturated carbocycles. The largest absolute Gasteiger partial charge is 0.396 e. The third-order valence-corrected chi connectivity index (χ3v) is 5.39. The molecule has 2 N–H and O–H groups in total. The SMILES string of the molecule is CCC[C@@]1(CO)CN(C(=O)c2nn(C)c(=O)c3ccccc23)CC[C@@H]1O. The second-order valence-corrected chi connectivity index (χ2v) is 7.12. The van der Waals surface area contributed by atoms with Gasteiger partial charge in [-0.2, -0.15) is 5.10 Å². The van der Waals surface area contributed by atoms with Gasteiger partial charge in [0.1, 0.15) is 0 Å². The molecular weight excluding hydrogens is 334 g/mol. The molecule has 1 aliphatic heterocycles. The maximum absolute atomic E-state index is 13.2. The minimum Gasteiger partial charge on any atom is -0.396 e. The number of carbonyl (C=O) groups excluding carboxylic acids is 1. The minimum absolute atomic E-state index is 0.173. The van der Waals surface area contributed by atoms with Gasteiger partial charge >= 0.3 is 0 Å². The molecule has 1 amide bonds. The number of amides is 1. The van der Waals surface area contributed by atoms with E-state index < -0.39 is 11.5 Å². The summed E-state index contributed by atoms with van der Waals surface area (Å²) in [6, 6.07) is 6.94. The topological polar surface area (TPSA) is 95.7 Å². The molecule has 0 radical (unpaired) electrons. The number of rotatable bonds is 4. The zero-order valence-electron chi connectivity index (χ0n) is 15.2. The van der Waals surface area contributed by atoms with Crippen LogP contribution in [0.2, 0.25) is 0 Å². The van der Waals surface area contributed by atoms with E-state index in [1.54, 1.807) is 29.2 Å². The quantitative estimate of drug-likeness (QED) is 0.846. The third-order valence-electron chi connectivity index (χ3n) is 5.39. The first-order valence-corrected chi connectivity index (χ1v) is 8.98. The summed E-state index contributed by atoms with van der Waals surface area (Å²) in [4.78, 5) is 27.1. The molecule has 2 heterocycles. The van der Waals surface area contributed by atoms with Crippen LogP contribution in [0.3, 0.4) is 0 Å². The van der Waals surface area contributed by atoms with Gasteiger partial charge < -0.3 is 15.1 Å². The van der Waals surface area contributed by atoms with Gasteiger partial charge in [0.25, 0.3) is 11.5 Å². The maximum atomic E-state index is 13.2. The highest BCUT2D eigenvalue weighted by Gasteiger charge is 2.43. The Labute approximate surface area is 151 Å². The highest BCUT2D eigenvalue weighted by Crippen LogP contribution is 2.35. The van der Waals surface area contributed by atoms with Gasteiger partial charge in [0, 0.05) is 30.9 Å². The van der Waals surface area contributed by atoms with Crippen LogP contribution in [0, 0.1) is 5.41 Å². The van der Waals surface area contributed by atoms with Crippen molar-refractivity contribution >= 4 is 16.7 Å². The lowest BCUT2D eigenvalue weighted by Gasteiger charge is -2.45. The molecule has 3 rings (SSSR count). The summed E-state index contributed by atoms with van der Waals surface area (Å²) in [5, 5.41) is 25.5. The highest BCUT2D eigenvalue weighted by atomic mass is 16.3. The highest BCUT2D eigenvalue weighted by molar-refractivity contribution is 6.04. The lowest BCUT2D eigenvalue weighted by Crippen LogP contribution is -2.55. The fourth-order valence-corrected chi connectivity index (χ4v) is 3.91. The van der Waals surface area contributed by atoms with Crippen LogP contribution >= 0.6 is 0 Å². The number of aliphatic hydroxyl groups excluding tert-OH is 2. The fraction of sp³-hybridized carbons (Fsp3) is 0.526. The summed E-state index contributed by atoms with van der Waals surface area (Å²) in [6.07, 6.45) is 1.22. The molecule has 7 heteroatoms. The summed E-state index contributed by atoms with van der Waals surface area (Å²) < 4.78 is 1.18. The molecule has 7 nitrogen and oxygen atoms in total.